The minimum Gasteiger partial charge on any atom is -0.507 e. The van der Waals surface area contributed by atoms with Crippen LogP contribution in [0.3, 0.4) is 0 Å². The third-order valence-electron chi connectivity index (χ3n) is 3.52. The fraction of sp³-hybridized carbons (Fsp3) is 0. The maximum atomic E-state index is 12.7. The fourth-order valence-corrected chi connectivity index (χ4v) is 4.04. The van der Waals surface area contributed by atoms with E-state index in [-0.39, 0.29) is 20.7 Å². The molecule has 1 saturated heterocycles. The molecule has 0 aliphatic carbocycles. The molecule has 0 unspecified atom stereocenters. The van der Waals surface area contributed by atoms with Crippen LogP contribution in [0, 0.1) is 5.41 Å². The molecule has 7 nitrogen and oxygen atoms in total. The Morgan fingerprint density at radius 1 is 1.19 bits per heavy atom. The van der Waals surface area contributed by atoms with E-state index in [1.165, 1.54) is 36.4 Å². The summed E-state index contributed by atoms with van der Waals surface area (Å²) in [4.78, 5) is 14.0. The quantitative estimate of drug-likeness (QED) is 0.616. The van der Waals surface area contributed by atoms with Crippen LogP contribution in [0.5, 0.6) is 5.75 Å². The molecule has 1 fully saturated rings. The lowest BCUT2D eigenvalue weighted by molar-refractivity contribution is -0.113. The molecular formula is C16H12BrN3O4S2. The second-order valence-corrected chi connectivity index (χ2v) is 8.81. The van der Waals surface area contributed by atoms with Gasteiger partial charge in [-0.1, -0.05) is 15.9 Å². The first-order valence-corrected chi connectivity index (χ1v) is 10.3. The van der Waals surface area contributed by atoms with Crippen LogP contribution in [0.1, 0.15) is 5.56 Å². The number of anilines is 1. The molecule has 0 atom stereocenters. The standard InChI is InChI=1S/C16H12BrN3O4S2/c17-10-1-6-13(21)9(7-10)8-14-15(22)20(16(18)25-14)11-2-4-12(5-3-11)26(19,23)24/h1-8,18,21H,(H2,19,23,24)/b14-8-,18-16?. The van der Waals surface area contributed by atoms with Crippen LogP contribution in [-0.4, -0.2) is 24.6 Å². The number of carbonyl (C=O) groups excluding carboxylic acids is 1. The Labute approximate surface area is 162 Å². The highest BCUT2D eigenvalue weighted by Gasteiger charge is 2.33. The maximum Gasteiger partial charge on any atom is 0.271 e. The van der Waals surface area contributed by atoms with E-state index in [0.29, 0.717) is 11.3 Å². The Balaban J connectivity index is 1.94. The molecule has 1 amide bonds. The van der Waals surface area contributed by atoms with E-state index in [1.807, 2.05) is 0 Å². The van der Waals surface area contributed by atoms with E-state index >= 15 is 0 Å². The molecular weight excluding hydrogens is 442 g/mol. The molecule has 4 N–H and O–H groups in total. The van der Waals surface area contributed by atoms with Gasteiger partial charge in [0.25, 0.3) is 5.91 Å². The molecule has 0 spiro atoms. The summed E-state index contributed by atoms with van der Waals surface area (Å²) in [5.74, 6) is -0.431. The second-order valence-electron chi connectivity index (χ2n) is 5.30. The second kappa shape index (κ2) is 6.88. The summed E-state index contributed by atoms with van der Waals surface area (Å²) in [5.41, 5.74) is 0.788. The van der Waals surface area contributed by atoms with Gasteiger partial charge in [-0.05, 0) is 60.3 Å². The van der Waals surface area contributed by atoms with E-state index in [9.17, 15) is 18.3 Å². The van der Waals surface area contributed by atoms with Crippen molar-refractivity contribution >= 4 is 60.6 Å². The number of amides is 1. The van der Waals surface area contributed by atoms with Gasteiger partial charge in [-0.25, -0.2) is 13.6 Å². The average molecular weight is 454 g/mol. The van der Waals surface area contributed by atoms with Gasteiger partial charge in [-0.3, -0.25) is 15.1 Å². The number of phenolic OH excluding ortho intramolecular Hbond substituents is 1. The lowest BCUT2D eigenvalue weighted by atomic mass is 10.2. The van der Waals surface area contributed by atoms with Crippen LogP contribution >= 0.6 is 27.7 Å². The molecule has 0 aromatic heterocycles. The number of hydrogen-bond acceptors (Lipinski definition) is 6. The topological polar surface area (TPSA) is 125 Å². The summed E-state index contributed by atoms with van der Waals surface area (Å²) in [6.07, 6.45) is 1.50. The van der Waals surface area contributed by atoms with Crippen LogP contribution < -0.4 is 10.0 Å². The minimum absolute atomic E-state index is 0.0107. The van der Waals surface area contributed by atoms with Gasteiger partial charge < -0.3 is 5.11 Å². The lowest BCUT2D eigenvalue weighted by Gasteiger charge is -2.14. The van der Waals surface area contributed by atoms with Crippen LogP contribution in [0.15, 0.2) is 56.7 Å². The van der Waals surface area contributed by atoms with Crippen molar-refractivity contribution in [2.75, 3.05) is 4.90 Å². The van der Waals surface area contributed by atoms with Gasteiger partial charge in [0.2, 0.25) is 10.0 Å². The average Bonchev–Trinajstić information content (AvgIpc) is 2.84. The van der Waals surface area contributed by atoms with E-state index < -0.39 is 15.9 Å². The van der Waals surface area contributed by atoms with Crippen molar-refractivity contribution in [1.82, 2.24) is 0 Å². The maximum absolute atomic E-state index is 12.7. The van der Waals surface area contributed by atoms with E-state index in [2.05, 4.69) is 15.9 Å². The molecule has 10 heteroatoms. The van der Waals surface area contributed by atoms with E-state index in [4.69, 9.17) is 10.5 Å². The molecule has 26 heavy (non-hydrogen) atoms. The Hall–Kier alpha value is -2.14. The Morgan fingerprint density at radius 2 is 1.85 bits per heavy atom. The van der Waals surface area contributed by atoms with Crippen LogP contribution in [0.2, 0.25) is 0 Å². The molecule has 0 bridgehead atoms. The number of sulfonamides is 1. The van der Waals surface area contributed by atoms with E-state index in [1.54, 1.807) is 12.1 Å². The summed E-state index contributed by atoms with van der Waals surface area (Å²) in [7, 11) is -3.84. The predicted molar refractivity (Wildman–Crippen MR) is 104 cm³/mol. The van der Waals surface area contributed by atoms with Gasteiger partial charge in [0, 0.05) is 10.0 Å². The summed E-state index contributed by atoms with van der Waals surface area (Å²) in [6, 6.07) is 10.2. The van der Waals surface area contributed by atoms with Crippen LogP contribution in [0.4, 0.5) is 5.69 Å². The van der Waals surface area contributed by atoms with Gasteiger partial charge in [-0.2, -0.15) is 0 Å². The number of carbonyl (C=O) groups is 1. The minimum atomic E-state index is -3.84. The van der Waals surface area contributed by atoms with Crippen molar-refractivity contribution in [3.8, 4) is 5.75 Å². The summed E-state index contributed by atoms with van der Waals surface area (Å²) < 4.78 is 23.4. The molecule has 2 aromatic carbocycles. The van der Waals surface area contributed by atoms with E-state index in [0.717, 1.165) is 21.1 Å². The third-order valence-corrected chi connectivity index (χ3v) is 5.83. The first-order valence-electron chi connectivity index (χ1n) is 7.11. The summed E-state index contributed by atoms with van der Waals surface area (Å²) in [5, 5.41) is 23.0. The zero-order valence-electron chi connectivity index (χ0n) is 13.0. The molecule has 2 aromatic rings. The van der Waals surface area contributed by atoms with Crippen LogP contribution in [0.25, 0.3) is 6.08 Å². The molecule has 3 rings (SSSR count). The Bertz CT molecular complexity index is 1050. The first-order chi connectivity index (χ1) is 12.2. The first kappa shape index (κ1) is 18.6. The Morgan fingerprint density at radius 3 is 2.46 bits per heavy atom. The molecule has 1 heterocycles. The van der Waals surface area contributed by atoms with Crippen molar-refractivity contribution in [2.45, 2.75) is 4.90 Å². The number of nitrogens with one attached hydrogen (secondary N) is 1. The van der Waals surface area contributed by atoms with Gasteiger partial charge in [0.15, 0.2) is 5.17 Å². The SMILES string of the molecule is N=C1S/C(=C\c2cc(Br)ccc2O)C(=O)N1c1ccc(S(N)(=O)=O)cc1. The number of aromatic hydroxyl groups is 1. The van der Waals surface area contributed by atoms with Crippen molar-refractivity contribution in [2.24, 2.45) is 5.14 Å². The lowest BCUT2D eigenvalue weighted by Crippen LogP contribution is -2.28. The van der Waals surface area contributed by atoms with Crippen molar-refractivity contribution in [3.63, 3.8) is 0 Å². The summed E-state index contributed by atoms with van der Waals surface area (Å²) >= 11 is 4.25. The number of phenols is 1. The van der Waals surface area contributed by atoms with Crippen molar-refractivity contribution in [1.29, 1.82) is 5.41 Å². The Kier molecular flexibility index (Phi) is 4.93. The zero-order chi connectivity index (χ0) is 19.1. The smallest absolute Gasteiger partial charge is 0.271 e. The van der Waals surface area contributed by atoms with Gasteiger partial charge in [0.1, 0.15) is 5.75 Å². The van der Waals surface area contributed by atoms with Gasteiger partial charge in [-0.15, -0.1) is 0 Å². The number of rotatable bonds is 3. The van der Waals surface area contributed by atoms with Gasteiger partial charge in [0.05, 0.1) is 15.5 Å². The van der Waals surface area contributed by atoms with Crippen LogP contribution in [-0.2, 0) is 14.8 Å². The number of amidine groups is 1. The normalized spacial score (nSPS) is 16.5. The molecule has 1 aliphatic rings. The highest BCUT2D eigenvalue weighted by molar-refractivity contribution is 9.10. The molecule has 1 aliphatic heterocycles. The number of hydrogen-bond donors (Lipinski definition) is 3. The number of halogens is 1. The third kappa shape index (κ3) is 3.68. The van der Waals surface area contributed by atoms with Crippen molar-refractivity contribution in [3.05, 3.63) is 57.4 Å². The predicted octanol–water partition coefficient (Wildman–Crippen LogP) is 2.86. The summed E-state index contributed by atoms with van der Waals surface area (Å²) in [6.45, 7) is 0. The fourth-order valence-electron chi connectivity index (χ4n) is 2.29. The van der Waals surface area contributed by atoms with Crippen molar-refractivity contribution < 1.29 is 18.3 Å². The zero-order valence-corrected chi connectivity index (χ0v) is 16.2. The molecule has 0 radical (unpaired) electrons. The number of nitrogens with two attached hydrogens (primary N) is 1. The molecule has 134 valence electrons. The highest BCUT2D eigenvalue weighted by atomic mass is 79.9. The number of primary sulfonamides is 1. The number of benzene rings is 2. The van der Waals surface area contributed by atoms with Gasteiger partial charge >= 0.3 is 0 Å². The largest absolute Gasteiger partial charge is 0.507 e. The monoisotopic (exact) mass is 453 g/mol. The highest BCUT2D eigenvalue weighted by Crippen LogP contribution is 2.36. The molecule has 0 saturated carbocycles. The number of thioether (sulfide) groups is 1. The number of nitrogens with zero attached hydrogens (tertiary/aromatic N) is 1.